The van der Waals surface area contributed by atoms with Crippen molar-refractivity contribution < 1.29 is 31.1 Å². The van der Waals surface area contributed by atoms with E-state index in [9.17, 15) is 31.1 Å². The number of nitrogens with two attached hydrogens (primary N) is 3. The van der Waals surface area contributed by atoms with Gasteiger partial charge in [0.2, 0.25) is 5.91 Å². The molecule has 0 aliphatic carbocycles. The van der Waals surface area contributed by atoms with E-state index in [4.69, 9.17) is 11.5 Å². The molecular formula is C9H7F6N3O. The van der Waals surface area contributed by atoms with Crippen LogP contribution in [0.4, 0.5) is 37.7 Å². The van der Waals surface area contributed by atoms with Crippen molar-refractivity contribution in [2.24, 2.45) is 5.73 Å². The predicted octanol–water partition coefficient (Wildman–Crippen LogP) is 1.99. The summed E-state index contributed by atoms with van der Waals surface area (Å²) in [5.41, 5.74) is 6.75. The highest BCUT2D eigenvalue weighted by atomic mass is 19.4. The van der Waals surface area contributed by atoms with Crippen molar-refractivity contribution in [1.29, 1.82) is 0 Å². The van der Waals surface area contributed by atoms with Crippen molar-refractivity contribution in [2.45, 2.75) is 12.4 Å². The first-order valence-electron chi connectivity index (χ1n) is 4.53. The number of alkyl halides is 6. The average Bonchev–Trinajstić information content (AvgIpc) is 2.11. The van der Waals surface area contributed by atoms with Gasteiger partial charge in [-0.25, -0.2) is 0 Å². The summed E-state index contributed by atoms with van der Waals surface area (Å²) in [5, 5.41) is 0. The topological polar surface area (TPSA) is 95.1 Å². The molecule has 4 nitrogen and oxygen atoms in total. The SMILES string of the molecule is NC(=O)c1cc(N)c(C(F)(F)F)c(N)c1C(F)(F)F. The third-order valence-electron chi connectivity index (χ3n) is 2.23. The van der Waals surface area contributed by atoms with Gasteiger partial charge >= 0.3 is 12.4 Å². The summed E-state index contributed by atoms with van der Waals surface area (Å²) in [6.45, 7) is 0. The Bertz CT molecular complexity index is 534. The summed E-state index contributed by atoms with van der Waals surface area (Å²) in [6, 6.07) is 0.213. The minimum Gasteiger partial charge on any atom is -0.398 e. The third-order valence-corrected chi connectivity index (χ3v) is 2.23. The predicted molar refractivity (Wildman–Crippen MR) is 53.8 cm³/mol. The number of anilines is 2. The maximum atomic E-state index is 12.7. The quantitative estimate of drug-likeness (QED) is 0.544. The van der Waals surface area contributed by atoms with E-state index in [1.54, 1.807) is 0 Å². The Hall–Kier alpha value is -2.13. The molecule has 0 saturated heterocycles. The Kier molecular flexibility index (Phi) is 3.31. The van der Waals surface area contributed by atoms with Gasteiger partial charge in [-0.15, -0.1) is 0 Å². The van der Waals surface area contributed by atoms with Crippen LogP contribution in [0.15, 0.2) is 6.07 Å². The Morgan fingerprint density at radius 3 is 1.68 bits per heavy atom. The Morgan fingerprint density at radius 2 is 1.37 bits per heavy atom. The van der Waals surface area contributed by atoms with Gasteiger partial charge in [-0.05, 0) is 6.07 Å². The second-order valence-electron chi connectivity index (χ2n) is 3.54. The highest BCUT2D eigenvalue weighted by Gasteiger charge is 2.44. The van der Waals surface area contributed by atoms with Crippen LogP contribution in [-0.2, 0) is 12.4 Å². The first kappa shape index (κ1) is 14.9. The monoisotopic (exact) mass is 287 g/mol. The van der Waals surface area contributed by atoms with Crippen LogP contribution in [-0.4, -0.2) is 5.91 Å². The number of halogens is 6. The lowest BCUT2D eigenvalue weighted by molar-refractivity contribution is -0.141. The summed E-state index contributed by atoms with van der Waals surface area (Å²) in [6.07, 6.45) is -10.5. The molecule has 0 aliphatic rings. The van der Waals surface area contributed by atoms with Crippen molar-refractivity contribution in [3.05, 3.63) is 22.8 Å². The fourth-order valence-electron chi connectivity index (χ4n) is 1.54. The van der Waals surface area contributed by atoms with Crippen LogP contribution in [0.25, 0.3) is 0 Å². The van der Waals surface area contributed by atoms with Crippen molar-refractivity contribution in [2.75, 3.05) is 11.5 Å². The van der Waals surface area contributed by atoms with Gasteiger partial charge in [0.15, 0.2) is 0 Å². The summed E-state index contributed by atoms with van der Waals surface area (Å²) >= 11 is 0. The van der Waals surface area contributed by atoms with E-state index < -0.39 is 46.3 Å². The first-order chi connectivity index (χ1) is 8.37. The third kappa shape index (κ3) is 2.66. The first-order valence-corrected chi connectivity index (χ1v) is 4.53. The van der Waals surface area contributed by atoms with E-state index in [-0.39, 0.29) is 6.07 Å². The van der Waals surface area contributed by atoms with E-state index in [0.717, 1.165) is 0 Å². The van der Waals surface area contributed by atoms with E-state index in [1.165, 1.54) is 0 Å². The van der Waals surface area contributed by atoms with Crippen molar-refractivity contribution >= 4 is 17.3 Å². The van der Waals surface area contributed by atoms with Gasteiger partial charge in [0.25, 0.3) is 0 Å². The molecule has 0 saturated carbocycles. The molecule has 6 N–H and O–H groups in total. The lowest BCUT2D eigenvalue weighted by atomic mass is 9.97. The largest absolute Gasteiger partial charge is 0.420 e. The van der Waals surface area contributed by atoms with Crippen molar-refractivity contribution in [3.63, 3.8) is 0 Å². The van der Waals surface area contributed by atoms with Crippen LogP contribution in [0.3, 0.4) is 0 Å². The average molecular weight is 287 g/mol. The van der Waals surface area contributed by atoms with Crippen LogP contribution in [0.2, 0.25) is 0 Å². The molecule has 0 heterocycles. The number of nitrogen functional groups attached to an aromatic ring is 2. The summed E-state index contributed by atoms with van der Waals surface area (Å²) < 4.78 is 75.7. The second-order valence-corrected chi connectivity index (χ2v) is 3.54. The van der Waals surface area contributed by atoms with E-state index in [1.807, 2.05) is 0 Å². The van der Waals surface area contributed by atoms with Crippen LogP contribution < -0.4 is 17.2 Å². The van der Waals surface area contributed by atoms with Crippen LogP contribution in [0, 0.1) is 0 Å². The molecule has 0 fully saturated rings. The van der Waals surface area contributed by atoms with Gasteiger partial charge < -0.3 is 17.2 Å². The van der Waals surface area contributed by atoms with Gasteiger partial charge in [0.1, 0.15) is 5.56 Å². The number of amides is 1. The number of carbonyl (C=O) groups is 1. The van der Waals surface area contributed by atoms with Gasteiger partial charge in [0.05, 0.1) is 16.8 Å². The van der Waals surface area contributed by atoms with Crippen LogP contribution in [0.5, 0.6) is 0 Å². The molecule has 0 spiro atoms. The summed E-state index contributed by atoms with van der Waals surface area (Å²) in [5.74, 6) is -1.58. The normalized spacial score (nSPS) is 12.5. The van der Waals surface area contributed by atoms with E-state index >= 15 is 0 Å². The highest BCUT2D eigenvalue weighted by molar-refractivity contribution is 5.98. The Balaban J connectivity index is 3.83. The zero-order valence-corrected chi connectivity index (χ0v) is 8.99. The molecule has 10 heteroatoms. The maximum Gasteiger partial charge on any atom is 0.420 e. The zero-order chi connectivity index (χ0) is 15.2. The molecule has 19 heavy (non-hydrogen) atoms. The molecular weight excluding hydrogens is 280 g/mol. The van der Waals surface area contributed by atoms with Gasteiger partial charge in [-0.2, -0.15) is 26.3 Å². The van der Waals surface area contributed by atoms with Gasteiger partial charge in [-0.1, -0.05) is 0 Å². The Labute approximate surface area is 102 Å². The molecule has 1 amide bonds. The van der Waals surface area contributed by atoms with Gasteiger partial charge in [0, 0.05) is 5.69 Å². The standard InChI is InChI=1S/C9H7F6N3O/c10-8(11,12)4-2(7(18)19)1-3(16)5(6(4)17)9(13,14)15/h1H,16-17H2,(H2,18,19). The van der Waals surface area contributed by atoms with E-state index in [2.05, 4.69) is 5.73 Å². The number of benzene rings is 1. The molecule has 1 aromatic rings. The number of rotatable bonds is 1. The smallest absolute Gasteiger partial charge is 0.398 e. The lowest BCUT2D eigenvalue weighted by Crippen LogP contribution is -2.24. The summed E-state index contributed by atoms with van der Waals surface area (Å²) in [4.78, 5) is 10.9. The molecule has 1 rings (SSSR count). The van der Waals surface area contributed by atoms with E-state index in [0.29, 0.717) is 0 Å². The molecule has 0 aliphatic heterocycles. The van der Waals surface area contributed by atoms with Crippen molar-refractivity contribution in [3.8, 4) is 0 Å². The number of hydrogen-bond donors (Lipinski definition) is 3. The van der Waals surface area contributed by atoms with Crippen molar-refractivity contribution in [1.82, 2.24) is 0 Å². The second kappa shape index (κ2) is 4.21. The van der Waals surface area contributed by atoms with Crippen LogP contribution in [0.1, 0.15) is 21.5 Å². The minimum absolute atomic E-state index is 0.213. The maximum absolute atomic E-state index is 12.7. The number of primary amides is 1. The van der Waals surface area contributed by atoms with Crippen LogP contribution >= 0.6 is 0 Å². The molecule has 0 atom stereocenters. The fourth-order valence-corrected chi connectivity index (χ4v) is 1.54. The molecule has 0 unspecified atom stereocenters. The molecule has 0 aromatic heterocycles. The summed E-state index contributed by atoms with van der Waals surface area (Å²) in [7, 11) is 0. The number of carbonyl (C=O) groups excluding carboxylic acids is 1. The lowest BCUT2D eigenvalue weighted by Gasteiger charge is -2.20. The number of hydrogen-bond acceptors (Lipinski definition) is 3. The minimum atomic E-state index is -5.28. The van der Waals surface area contributed by atoms with Gasteiger partial charge in [-0.3, -0.25) is 4.79 Å². The Morgan fingerprint density at radius 1 is 0.947 bits per heavy atom. The molecule has 106 valence electrons. The molecule has 1 aromatic carbocycles. The zero-order valence-electron chi connectivity index (χ0n) is 8.99. The molecule has 0 bridgehead atoms. The highest BCUT2D eigenvalue weighted by Crippen LogP contribution is 2.45. The fraction of sp³-hybridized carbons (Fsp3) is 0.222. The molecule has 0 radical (unpaired) electrons.